The molecule has 1 aliphatic rings. The van der Waals surface area contributed by atoms with Gasteiger partial charge in [-0.3, -0.25) is 4.79 Å². The van der Waals surface area contributed by atoms with Crippen molar-refractivity contribution in [1.82, 2.24) is 14.8 Å². The van der Waals surface area contributed by atoms with Gasteiger partial charge in [0.05, 0.1) is 11.3 Å². The zero-order valence-corrected chi connectivity index (χ0v) is 22.6. The van der Waals surface area contributed by atoms with Crippen LogP contribution >= 0.6 is 34.7 Å². The van der Waals surface area contributed by atoms with Gasteiger partial charge in [0.15, 0.2) is 17.1 Å². The lowest BCUT2D eigenvalue weighted by molar-refractivity contribution is -0.113. The second kappa shape index (κ2) is 11.0. The molecule has 0 spiro atoms. The number of hydrogen-bond donors (Lipinski definition) is 1. The van der Waals surface area contributed by atoms with Gasteiger partial charge < -0.3 is 14.6 Å². The molecule has 3 aromatic rings. The highest BCUT2D eigenvalue weighted by Gasteiger charge is 2.25. The number of halogens is 1. The van der Waals surface area contributed by atoms with Gasteiger partial charge in [0.2, 0.25) is 5.91 Å². The summed E-state index contributed by atoms with van der Waals surface area (Å²) in [5.74, 6) is 2.05. The number of anilines is 1. The van der Waals surface area contributed by atoms with Gasteiger partial charge in [-0.1, -0.05) is 30.3 Å². The van der Waals surface area contributed by atoms with Crippen molar-refractivity contribution in [3.8, 4) is 11.8 Å². The van der Waals surface area contributed by atoms with Crippen LogP contribution in [0.25, 0.3) is 0 Å². The summed E-state index contributed by atoms with van der Waals surface area (Å²) in [5.41, 5.74) is 2.68. The first-order valence-electron chi connectivity index (χ1n) is 11.6. The van der Waals surface area contributed by atoms with Gasteiger partial charge in [0, 0.05) is 16.4 Å². The highest BCUT2D eigenvalue weighted by molar-refractivity contribution is 7.99. The van der Waals surface area contributed by atoms with E-state index in [0.29, 0.717) is 39.0 Å². The highest BCUT2D eigenvalue weighted by atomic mass is 35.5. The molecule has 0 saturated carbocycles. The van der Waals surface area contributed by atoms with Gasteiger partial charge in [0.25, 0.3) is 0 Å². The maximum atomic E-state index is 12.7. The topological polar surface area (TPSA) is 92.8 Å². The Morgan fingerprint density at radius 1 is 1.46 bits per heavy atom. The van der Waals surface area contributed by atoms with E-state index in [1.807, 2.05) is 37.5 Å². The number of benzene rings is 1. The van der Waals surface area contributed by atoms with Crippen LogP contribution < -0.4 is 10.1 Å². The van der Waals surface area contributed by atoms with Crippen molar-refractivity contribution in [3.63, 3.8) is 0 Å². The van der Waals surface area contributed by atoms with Crippen LogP contribution in [-0.2, 0) is 24.2 Å². The number of aryl methyl sites for hydroxylation is 1. The fourth-order valence-corrected chi connectivity index (χ4v) is 6.66. The van der Waals surface area contributed by atoms with Crippen molar-refractivity contribution < 1.29 is 9.53 Å². The number of nitrogens with one attached hydrogen (secondary N) is 1. The van der Waals surface area contributed by atoms with Crippen LogP contribution in [0.4, 0.5) is 5.00 Å². The molecule has 10 heteroatoms. The molecule has 0 saturated heterocycles. The van der Waals surface area contributed by atoms with Crippen molar-refractivity contribution in [2.45, 2.75) is 64.8 Å². The lowest BCUT2D eigenvalue weighted by atomic mass is 9.89. The quantitative estimate of drug-likeness (QED) is 0.350. The number of ether oxygens (including phenoxy) is 1. The molecule has 0 fully saturated rings. The summed E-state index contributed by atoms with van der Waals surface area (Å²) >= 11 is 8.91. The summed E-state index contributed by atoms with van der Waals surface area (Å²) in [6, 6.07) is 7.80. The smallest absolute Gasteiger partial charge is 0.235 e. The first kappa shape index (κ1) is 25.5. The Morgan fingerprint density at radius 3 is 2.97 bits per heavy atom. The monoisotopic (exact) mass is 529 g/mol. The number of thioether (sulfide) groups is 1. The van der Waals surface area contributed by atoms with Crippen molar-refractivity contribution in [3.05, 3.63) is 50.6 Å². The Kier molecular flexibility index (Phi) is 8.05. The van der Waals surface area contributed by atoms with Crippen LogP contribution in [0.1, 0.15) is 60.7 Å². The van der Waals surface area contributed by atoms with E-state index in [9.17, 15) is 10.1 Å². The van der Waals surface area contributed by atoms with Crippen LogP contribution in [0.3, 0.4) is 0 Å². The van der Waals surface area contributed by atoms with Crippen molar-refractivity contribution in [1.29, 1.82) is 5.26 Å². The van der Waals surface area contributed by atoms with E-state index < -0.39 is 0 Å². The van der Waals surface area contributed by atoms with Crippen molar-refractivity contribution in [2.75, 3.05) is 11.1 Å². The van der Waals surface area contributed by atoms with Gasteiger partial charge in [-0.05, 0) is 75.3 Å². The maximum absolute atomic E-state index is 12.7. The van der Waals surface area contributed by atoms with Crippen LogP contribution in [0.5, 0.6) is 5.75 Å². The van der Waals surface area contributed by atoms with Gasteiger partial charge in [-0.15, -0.1) is 21.5 Å². The number of aromatic nitrogens is 3. The molecule has 2 unspecified atom stereocenters. The first-order valence-corrected chi connectivity index (χ1v) is 13.8. The molecule has 184 valence electrons. The minimum atomic E-state index is -0.330. The number of nitriles is 1. The Labute approximate surface area is 218 Å². The summed E-state index contributed by atoms with van der Waals surface area (Å²) in [6.07, 6.45) is 2.62. The molecule has 1 aliphatic carbocycles. The number of amides is 1. The lowest BCUT2D eigenvalue weighted by Gasteiger charge is -2.17. The molecule has 0 bridgehead atoms. The Hall–Kier alpha value is -2.54. The predicted molar refractivity (Wildman–Crippen MR) is 141 cm³/mol. The van der Waals surface area contributed by atoms with Crippen molar-refractivity contribution >= 4 is 45.6 Å². The van der Waals surface area contributed by atoms with Gasteiger partial charge >= 0.3 is 0 Å². The summed E-state index contributed by atoms with van der Waals surface area (Å²) in [4.78, 5) is 14.0. The summed E-state index contributed by atoms with van der Waals surface area (Å²) in [6.45, 7) is 8.75. The lowest BCUT2D eigenvalue weighted by Crippen LogP contribution is -2.15. The molecule has 0 aliphatic heterocycles. The van der Waals surface area contributed by atoms with Gasteiger partial charge in [-0.25, -0.2) is 0 Å². The molecule has 4 rings (SSSR count). The third kappa shape index (κ3) is 5.66. The van der Waals surface area contributed by atoms with E-state index in [2.05, 4.69) is 28.5 Å². The maximum Gasteiger partial charge on any atom is 0.235 e. The van der Waals surface area contributed by atoms with Crippen LogP contribution in [0.2, 0.25) is 5.02 Å². The fraction of sp³-hybridized carbons (Fsp3) is 0.440. The van der Waals surface area contributed by atoms with Gasteiger partial charge in [0.1, 0.15) is 16.8 Å². The Morgan fingerprint density at radius 2 is 2.26 bits per heavy atom. The molecule has 35 heavy (non-hydrogen) atoms. The number of hydrogen-bond acceptors (Lipinski definition) is 7. The molecule has 0 radical (unpaired) electrons. The minimum Gasteiger partial charge on any atom is -0.482 e. The predicted octanol–water partition coefficient (Wildman–Crippen LogP) is 6.19. The number of rotatable bonds is 8. The van der Waals surface area contributed by atoms with E-state index in [1.54, 1.807) is 6.07 Å². The summed E-state index contributed by atoms with van der Waals surface area (Å²) in [7, 11) is 0. The highest BCUT2D eigenvalue weighted by Crippen LogP contribution is 2.39. The number of carbonyl (C=O) groups excluding carboxylic acids is 1. The zero-order chi connectivity index (χ0) is 25.1. The third-order valence-corrected chi connectivity index (χ3v) is 8.45. The molecule has 1 amide bonds. The zero-order valence-electron chi connectivity index (χ0n) is 20.2. The van der Waals surface area contributed by atoms with Crippen LogP contribution in [0.15, 0.2) is 23.4 Å². The third-order valence-electron chi connectivity index (χ3n) is 6.07. The van der Waals surface area contributed by atoms with E-state index in [-0.39, 0.29) is 17.8 Å². The van der Waals surface area contributed by atoms with Gasteiger partial charge in [-0.2, -0.15) is 5.26 Å². The second-order valence-corrected chi connectivity index (χ2v) is 11.2. The Bertz CT molecular complexity index is 1280. The summed E-state index contributed by atoms with van der Waals surface area (Å²) < 4.78 is 8.08. The molecule has 1 aromatic carbocycles. The molecular formula is C25H28ClN5O2S2. The molecule has 2 atom stereocenters. The van der Waals surface area contributed by atoms with E-state index in [0.717, 1.165) is 36.1 Å². The minimum absolute atomic E-state index is 0.161. The Balaban J connectivity index is 1.41. The average Bonchev–Trinajstić information content (AvgIpc) is 3.39. The number of thiophene rings is 1. The number of nitrogens with zero attached hydrogens (tertiary/aromatic N) is 4. The molecule has 2 aromatic heterocycles. The van der Waals surface area contributed by atoms with Crippen LogP contribution in [-0.4, -0.2) is 26.4 Å². The fourth-order valence-electron chi connectivity index (χ4n) is 4.24. The average molecular weight is 530 g/mol. The normalized spacial score (nSPS) is 15.8. The van der Waals surface area contributed by atoms with E-state index in [1.165, 1.54) is 28.0 Å². The molecule has 1 N–H and O–H groups in total. The second-order valence-electron chi connectivity index (χ2n) is 8.76. The largest absolute Gasteiger partial charge is 0.482 e. The van der Waals surface area contributed by atoms with E-state index in [4.69, 9.17) is 16.3 Å². The molecular weight excluding hydrogens is 502 g/mol. The number of carbonyl (C=O) groups is 1. The standard InChI is InChI=1S/C25H28ClN5O2S2/c1-5-31-23(16(4)33-20-9-7-17(26)11-15(20)3)29-30-25(31)34-13-22(32)28-24-19(12-27)18-8-6-14(2)10-21(18)35-24/h7,9,11,14,16H,5-6,8,10,13H2,1-4H3,(H,28,32). The summed E-state index contributed by atoms with van der Waals surface area (Å²) in [5, 5.41) is 23.2. The SMILES string of the molecule is CCn1c(SCC(=O)Nc2sc3c(c2C#N)CCC(C)C3)nnc1C(C)Oc1ccc(Cl)cc1C. The van der Waals surface area contributed by atoms with E-state index >= 15 is 0 Å². The molecule has 7 nitrogen and oxygen atoms in total. The van der Waals surface area contributed by atoms with Crippen LogP contribution in [0, 0.1) is 24.2 Å². The molecule has 2 heterocycles. The number of fused-ring (bicyclic) bond motifs is 1. The van der Waals surface area contributed by atoms with Crippen molar-refractivity contribution in [2.24, 2.45) is 5.92 Å². The first-order chi connectivity index (χ1) is 16.8.